The standard InChI is InChI=1S/C16H23N/c1-12-4-2-5-13(10-12)16-7-3-6-14(16)11-17-15-8-9-15/h2,4-5,10,14-17H,3,6-9,11H2,1H3. The van der Waals surface area contributed by atoms with E-state index in [-0.39, 0.29) is 0 Å². The van der Waals surface area contributed by atoms with E-state index in [1.165, 1.54) is 44.2 Å². The first-order chi connectivity index (χ1) is 8.33. The maximum Gasteiger partial charge on any atom is 0.00683 e. The molecule has 0 heterocycles. The topological polar surface area (TPSA) is 12.0 Å². The van der Waals surface area contributed by atoms with E-state index >= 15 is 0 Å². The fourth-order valence-corrected chi connectivity index (χ4v) is 3.23. The van der Waals surface area contributed by atoms with Crippen molar-refractivity contribution >= 4 is 0 Å². The minimum atomic E-state index is 0.807. The van der Waals surface area contributed by atoms with Gasteiger partial charge in [0.05, 0.1) is 0 Å². The Balaban J connectivity index is 1.67. The van der Waals surface area contributed by atoms with Crippen LogP contribution in [-0.4, -0.2) is 12.6 Å². The largest absolute Gasteiger partial charge is 0.314 e. The van der Waals surface area contributed by atoms with Crippen molar-refractivity contribution in [2.45, 2.75) is 51.0 Å². The molecule has 1 heteroatoms. The number of rotatable bonds is 4. The van der Waals surface area contributed by atoms with Crippen LogP contribution in [0.3, 0.4) is 0 Å². The summed E-state index contributed by atoms with van der Waals surface area (Å²) >= 11 is 0. The Bertz CT molecular complexity index is 381. The lowest BCUT2D eigenvalue weighted by Gasteiger charge is -2.21. The second-order valence-corrected chi connectivity index (χ2v) is 5.89. The molecular weight excluding hydrogens is 206 g/mol. The van der Waals surface area contributed by atoms with E-state index in [9.17, 15) is 0 Å². The Morgan fingerprint density at radius 1 is 1.18 bits per heavy atom. The Morgan fingerprint density at radius 3 is 2.82 bits per heavy atom. The molecule has 17 heavy (non-hydrogen) atoms. The smallest absolute Gasteiger partial charge is 0.00683 e. The normalized spacial score (nSPS) is 28.5. The van der Waals surface area contributed by atoms with Gasteiger partial charge in [0, 0.05) is 6.04 Å². The zero-order valence-corrected chi connectivity index (χ0v) is 10.8. The summed E-state index contributed by atoms with van der Waals surface area (Å²) in [6, 6.07) is 9.99. The molecule has 0 saturated heterocycles. The highest BCUT2D eigenvalue weighted by atomic mass is 14.9. The summed E-state index contributed by atoms with van der Waals surface area (Å²) in [5, 5.41) is 3.71. The van der Waals surface area contributed by atoms with Gasteiger partial charge in [0.1, 0.15) is 0 Å². The van der Waals surface area contributed by atoms with Crippen LogP contribution in [0.2, 0.25) is 0 Å². The summed E-state index contributed by atoms with van der Waals surface area (Å²) in [5.74, 6) is 1.68. The lowest BCUT2D eigenvalue weighted by Crippen LogP contribution is -2.26. The predicted octanol–water partition coefficient (Wildman–Crippen LogP) is 3.63. The maximum atomic E-state index is 3.71. The van der Waals surface area contributed by atoms with Gasteiger partial charge in [0.2, 0.25) is 0 Å². The lowest BCUT2D eigenvalue weighted by atomic mass is 9.88. The van der Waals surface area contributed by atoms with Crippen LogP contribution in [0.4, 0.5) is 0 Å². The molecule has 0 aliphatic heterocycles. The summed E-state index contributed by atoms with van der Waals surface area (Å²) < 4.78 is 0. The van der Waals surface area contributed by atoms with Gasteiger partial charge in [-0.25, -0.2) is 0 Å². The van der Waals surface area contributed by atoms with Crippen molar-refractivity contribution < 1.29 is 0 Å². The summed E-state index contributed by atoms with van der Waals surface area (Å²) in [5.41, 5.74) is 2.98. The first-order valence-corrected chi connectivity index (χ1v) is 7.13. The van der Waals surface area contributed by atoms with Crippen LogP contribution in [0.15, 0.2) is 24.3 Å². The molecule has 1 nitrogen and oxygen atoms in total. The number of benzene rings is 1. The third kappa shape index (κ3) is 2.71. The number of hydrogen-bond donors (Lipinski definition) is 1. The Labute approximate surface area is 105 Å². The lowest BCUT2D eigenvalue weighted by molar-refractivity contribution is 0.442. The van der Waals surface area contributed by atoms with E-state index in [1.54, 1.807) is 5.56 Å². The van der Waals surface area contributed by atoms with Gasteiger partial charge in [-0.05, 0) is 56.6 Å². The van der Waals surface area contributed by atoms with Gasteiger partial charge < -0.3 is 5.32 Å². The summed E-state index contributed by atoms with van der Waals surface area (Å²) in [6.45, 7) is 3.44. The molecule has 2 atom stereocenters. The molecule has 3 rings (SSSR count). The van der Waals surface area contributed by atoms with E-state index in [0.29, 0.717) is 0 Å². The number of aryl methyl sites for hydroxylation is 1. The third-order valence-electron chi connectivity index (χ3n) is 4.38. The SMILES string of the molecule is Cc1cccc(C2CCCC2CNC2CC2)c1. The average molecular weight is 229 g/mol. The molecule has 2 unspecified atom stereocenters. The van der Waals surface area contributed by atoms with E-state index in [1.807, 2.05) is 0 Å². The minimum absolute atomic E-state index is 0.807. The van der Waals surface area contributed by atoms with Gasteiger partial charge in [-0.15, -0.1) is 0 Å². The van der Waals surface area contributed by atoms with Gasteiger partial charge >= 0.3 is 0 Å². The molecule has 0 aromatic heterocycles. The van der Waals surface area contributed by atoms with E-state index in [2.05, 4.69) is 36.5 Å². The molecule has 0 spiro atoms. The van der Waals surface area contributed by atoms with Gasteiger partial charge in [-0.3, -0.25) is 0 Å². The highest BCUT2D eigenvalue weighted by Crippen LogP contribution is 2.39. The van der Waals surface area contributed by atoms with Crippen LogP contribution in [-0.2, 0) is 0 Å². The molecule has 0 radical (unpaired) electrons. The zero-order chi connectivity index (χ0) is 11.7. The van der Waals surface area contributed by atoms with Gasteiger partial charge in [-0.1, -0.05) is 36.2 Å². The highest BCUT2D eigenvalue weighted by molar-refractivity contribution is 5.26. The van der Waals surface area contributed by atoms with Crippen molar-refractivity contribution in [3.8, 4) is 0 Å². The van der Waals surface area contributed by atoms with Gasteiger partial charge in [-0.2, -0.15) is 0 Å². The van der Waals surface area contributed by atoms with Crippen LogP contribution < -0.4 is 5.32 Å². The molecular formula is C16H23N. The van der Waals surface area contributed by atoms with Crippen molar-refractivity contribution in [2.24, 2.45) is 5.92 Å². The second-order valence-electron chi connectivity index (χ2n) is 5.89. The molecule has 1 aromatic carbocycles. The quantitative estimate of drug-likeness (QED) is 0.831. The zero-order valence-electron chi connectivity index (χ0n) is 10.8. The van der Waals surface area contributed by atoms with Crippen molar-refractivity contribution in [1.29, 1.82) is 0 Å². The third-order valence-corrected chi connectivity index (χ3v) is 4.38. The van der Waals surface area contributed by atoms with Crippen LogP contribution in [0.1, 0.15) is 49.1 Å². The number of hydrogen-bond acceptors (Lipinski definition) is 1. The molecule has 2 saturated carbocycles. The molecule has 92 valence electrons. The number of nitrogens with one attached hydrogen (secondary N) is 1. The van der Waals surface area contributed by atoms with Crippen LogP contribution in [0, 0.1) is 12.8 Å². The Hall–Kier alpha value is -0.820. The fraction of sp³-hybridized carbons (Fsp3) is 0.625. The second kappa shape index (κ2) is 4.81. The molecule has 2 aliphatic rings. The highest BCUT2D eigenvalue weighted by Gasteiger charge is 2.30. The molecule has 2 fully saturated rings. The van der Waals surface area contributed by atoms with E-state index < -0.39 is 0 Å². The molecule has 1 N–H and O–H groups in total. The van der Waals surface area contributed by atoms with E-state index in [4.69, 9.17) is 0 Å². The van der Waals surface area contributed by atoms with Crippen LogP contribution in [0.25, 0.3) is 0 Å². The Kier molecular flexibility index (Phi) is 3.19. The molecule has 0 bridgehead atoms. The summed E-state index contributed by atoms with van der Waals surface area (Å²) in [7, 11) is 0. The molecule has 1 aromatic rings. The maximum absolute atomic E-state index is 3.71. The van der Waals surface area contributed by atoms with Crippen molar-refractivity contribution in [2.75, 3.05) is 6.54 Å². The summed E-state index contributed by atoms with van der Waals surface area (Å²) in [4.78, 5) is 0. The van der Waals surface area contributed by atoms with Crippen LogP contribution >= 0.6 is 0 Å². The fourth-order valence-electron chi connectivity index (χ4n) is 3.23. The van der Waals surface area contributed by atoms with Gasteiger partial charge in [0.25, 0.3) is 0 Å². The average Bonchev–Trinajstić information content (AvgIpc) is 3.04. The predicted molar refractivity (Wildman–Crippen MR) is 72.3 cm³/mol. The molecule has 2 aliphatic carbocycles. The van der Waals surface area contributed by atoms with E-state index in [0.717, 1.165) is 17.9 Å². The first-order valence-electron chi connectivity index (χ1n) is 7.13. The van der Waals surface area contributed by atoms with Gasteiger partial charge in [0.15, 0.2) is 0 Å². The van der Waals surface area contributed by atoms with Crippen molar-refractivity contribution in [3.63, 3.8) is 0 Å². The van der Waals surface area contributed by atoms with Crippen molar-refractivity contribution in [3.05, 3.63) is 35.4 Å². The molecule has 0 amide bonds. The summed E-state index contributed by atoms with van der Waals surface area (Å²) in [6.07, 6.45) is 7.03. The first kappa shape index (κ1) is 11.3. The minimum Gasteiger partial charge on any atom is -0.314 e. The Morgan fingerprint density at radius 2 is 2.06 bits per heavy atom. The monoisotopic (exact) mass is 229 g/mol. The van der Waals surface area contributed by atoms with Crippen LogP contribution in [0.5, 0.6) is 0 Å². The van der Waals surface area contributed by atoms with Crippen molar-refractivity contribution in [1.82, 2.24) is 5.32 Å².